The van der Waals surface area contributed by atoms with Crippen LogP contribution in [0.1, 0.15) is 78.1 Å². The first kappa shape index (κ1) is 44.5. The van der Waals surface area contributed by atoms with Gasteiger partial charge in [0.2, 0.25) is 11.8 Å². The standard InChI is InChI=1S/C46H46B2N6O6.Cu/c1-7-33-25(3)37-21-38-27(5)35(15-17-45(55)49-31-13-9-11-29(19-31)47(57)58)43(53-38)24-44-36(16-18-46(56)50-32-14-10-12-30(20-32)48(59)60)28(6)40(54-44)23-42-34(8-2)26(4)39(52-42)22-41(33)51-37;/h7-14,19-24,57-60H,1-2,15-18H2,3-6H3,(H4,49,50,51,52,53,54,55,56);/q;+2/p-2. The van der Waals surface area contributed by atoms with E-state index in [1.54, 1.807) is 48.6 Å². The molecule has 311 valence electrons. The zero-order valence-electron chi connectivity index (χ0n) is 34.2. The molecule has 2 aliphatic heterocycles. The number of aromatic nitrogens is 4. The molecule has 12 nitrogen and oxygen atoms in total. The zero-order valence-corrected chi connectivity index (χ0v) is 35.1. The molecule has 0 unspecified atom stereocenters. The van der Waals surface area contributed by atoms with Crippen molar-refractivity contribution in [3.05, 3.63) is 137 Å². The number of nitrogens with zero attached hydrogens (tertiary/aromatic N) is 4. The molecular weight excluding hydrogens is 818 g/mol. The van der Waals surface area contributed by atoms with Crippen molar-refractivity contribution >= 4 is 98.8 Å². The number of hydrogen-bond acceptors (Lipinski definition) is 8. The van der Waals surface area contributed by atoms with Crippen LogP contribution in [0.15, 0.2) is 92.0 Å². The maximum absolute atomic E-state index is 13.3. The van der Waals surface area contributed by atoms with Crippen LogP contribution in [0.25, 0.3) is 50.4 Å². The Morgan fingerprint density at radius 3 is 1.74 bits per heavy atom. The molecule has 1 radical (unpaired) electrons. The minimum absolute atomic E-state index is 0. The fourth-order valence-corrected chi connectivity index (χ4v) is 7.63. The minimum atomic E-state index is -1.67. The maximum Gasteiger partial charge on any atom is 2.00 e. The van der Waals surface area contributed by atoms with Crippen LogP contribution in [0.2, 0.25) is 0 Å². The van der Waals surface area contributed by atoms with Gasteiger partial charge in [-0.3, -0.25) is 9.59 Å². The summed E-state index contributed by atoms with van der Waals surface area (Å²) in [6.45, 7) is 16.1. The van der Waals surface area contributed by atoms with Gasteiger partial charge in [-0.05, 0) is 98.0 Å². The van der Waals surface area contributed by atoms with E-state index in [0.717, 1.165) is 61.5 Å². The number of allylic oxidation sites excluding steroid dienone is 5. The molecule has 0 saturated heterocycles. The molecule has 7 rings (SSSR count). The van der Waals surface area contributed by atoms with Crippen LogP contribution in [-0.4, -0.2) is 56.1 Å². The van der Waals surface area contributed by atoms with E-state index < -0.39 is 14.2 Å². The van der Waals surface area contributed by atoms with E-state index in [1.165, 1.54) is 12.1 Å². The van der Waals surface area contributed by atoms with Gasteiger partial charge in [-0.25, -0.2) is 9.97 Å². The number of anilines is 2. The number of benzene rings is 2. The van der Waals surface area contributed by atoms with Gasteiger partial charge in [0.05, 0.1) is 22.8 Å². The van der Waals surface area contributed by atoms with Gasteiger partial charge in [-0.2, -0.15) is 0 Å². The van der Waals surface area contributed by atoms with E-state index in [1.807, 2.05) is 52.0 Å². The number of hydrogen-bond donors (Lipinski definition) is 6. The molecule has 0 saturated carbocycles. The Balaban J connectivity index is 0.00000622. The summed E-state index contributed by atoms with van der Waals surface area (Å²) in [6, 6.07) is 20.5. The van der Waals surface area contributed by atoms with Gasteiger partial charge in [0.1, 0.15) is 0 Å². The summed E-state index contributed by atoms with van der Waals surface area (Å²) < 4.78 is 0. The van der Waals surface area contributed by atoms with Crippen LogP contribution in [-0.2, 0) is 33.1 Å². The summed E-state index contributed by atoms with van der Waals surface area (Å²) in [6.07, 6.45) is 4.45. The Labute approximate surface area is 365 Å². The number of nitrogens with one attached hydrogen (secondary N) is 2. The van der Waals surface area contributed by atoms with E-state index >= 15 is 0 Å². The van der Waals surface area contributed by atoms with Crippen molar-refractivity contribution in [2.45, 2.75) is 53.4 Å². The van der Waals surface area contributed by atoms with Crippen LogP contribution < -0.4 is 31.5 Å². The Kier molecular flexibility index (Phi) is 13.6. The van der Waals surface area contributed by atoms with Crippen molar-refractivity contribution < 1.29 is 46.8 Å². The van der Waals surface area contributed by atoms with Crippen molar-refractivity contribution in [2.75, 3.05) is 10.6 Å². The van der Waals surface area contributed by atoms with Crippen molar-refractivity contribution in [3.63, 3.8) is 0 Å². The third-order valence-electron chi connectivity index (χ3n) is 11.0. The van der Waals surface area contributed by atoms with Crippen molar-refractivity contribution in [3.8, 4) is 0 Å². The first-order chi connectivity index (χ1) is 28.7. The number of fused-ring (bicyclic) bond motifs is 8. The van der Waals surface area contributed by atoms with Crippen molar-refractivity contribution in [2.24, 2.45) is 0 Å². The maximum atomic E-state index is 13.3. The van der Waals surface area contributed by atoms with Crippen molar-refractivity contribution in [1.82, 2.24) is 19.9 Å². The molecule has 61 heavy (non-hydrogen) atoms. The van der Waals surface area contributed by atoms with Gasteiger partial charge in [0.25, 0.3) is 0 Å². The molecule has 0 atom stereocenters. The SMILES string of the molecule is C=CC1=C(C)c2cc3[n-]c(cc4nc(cc5[n-]c(cc1n2)c(C)c5C=C)C(C)=C4CCC(=O)Nc1cccc(B(O)O)c1)c(CCC(=O)Nc1cccc(B(O)O)c1)c3C.[Cu+2]. The van der Waals surface area contributed by atoms with Crippen molar-refractivity contribution in [1.29, 1.82) is 0 Å². The summed E-state index contributed by atoms with van der Waals surface area (Å²) in [4.78, 5) is 47.0. The first-order valence-corrected chi connectivity index (χ1v) is 19.6. The number of carbonyl (C=O) groups is 2. The summed E-state index contributed by atoms with van der Waals surface area (Å²) in [5.41, 5.74) is 13.9. The van der Waals surface area contributed by atoms with Gasteiger partial charge in [0, 0.05) is 29.8 Å². The third-order valence-corrected chi connectivity index (χ3v) is 11.0. The molecule has 6 N–H and O–H groups in total. The summed E-state index contributed by atoms with van der Waals surface area (Å²) in [5, 5.41) is 44.2. The second kappa shape index (κ2) is 18.7. The van der Waals surface area contributed by atoms with Crippen LogP contribution in [0.5, 0.6) is 0 Å². The van der Waals surface area contributed by atoms with Crippen LogP contribution >= 0.6 is 0 Å². The van der Waals surface area contributed by atoms with Crippen LogP contribution in [0.4, 0.5) is 11.4 Å². The van der Waals surface area contributed by atoms with Gasteiger partial charge in [0.15, 0.2) is 0 Å². The fraction of sp³-hybridized carbons (Fsp3) is 0.174. The molecule has 3 aromatic heterocycles. The minimum Gasteiger partial charge on any atom is -0.657 e. The van der Waals surface area contributed by atoms with E-state index in [0.29, 0.717) is 52.2 Å². The van der Waals surface area contributed by atoms with Gasteiger partial charge in [-0.1, -0.05) is 90.5 Å². The van der Waals surface area contributed by atoms with E-state index in [4.69, 9.17) is 19.9 Å². The Hall–Kier alpha value is -6.05. The molecule has 15 heteroatoms. The topological polar surface area (TPSA) is 193 Å². The summed E-state index contributed by atoms with van der Waals surface area (Å²) in [7, 11) is -3.33. The van der Waals surface area contributed by atoms with Gasteiger partial charge in [-0.15, -0.1) is 22.1 Å². The molecular formula is C46H44B2CuN6O6. The number of aryl methyl sites for hydroxylation is 3. The monoisotopic (exact) mass is 861 g/mol. The largest absolute Gasteiger partial charge is 2.00 e. The Morgan fingerprint density at radius 1 is 0.639 bits per heavy atom. The van der Waals surface area contributed by atoms with Gasteiger partial charge < -0.3 is 40.7 Å². The van der Waals surface area contributed by atoms with Crippen LogP contribution in [0, 0.1) is 13.8 Å². The van der Waals surface area contributed by atoms with E-state index in [9.17, 15) is 29.7 Å². The Morgan fingerprint density at radius 2 is 1.15 bits per heavy atom. The molecule has 0 spiro atoms. The van der Waals surface area contributed by atoms with E-state index in [-0.39, 0.29) is 52.7 Å². The summed E-state index contributed by atoms with van der Waals surface area (Å²) >= 11 is 0. The zero-order chi connectivity index (χ0) is 42.8. The van der Waals surface area contributed by atoms with Gasteiger partial charge >= 0.3 is 31.3 Å². The second-order valence-corrected chi connectivity index (χ2v) is 14.9. The van der Waals surface area contributed by atoms with Crippen LogP contribution in [0.3, 0.4) is 0 Å². The predicted molar refractivity (Wildman–Crippen MR) is 241 cm³/mol. The number of amides is 2. The average Bonchev–Trinajstić information content (AvgIpc) is 3.88. The molecule has 8 bridgehead atoms. The number of rotatable bonds is 12. The normalized spacial score (nSPS) is 12.2. The molecule has 2 amide bonds. The molecule has 0 fully saturated rings. The molecule has 0 aliphatic carbocycles. The quantitative estimate of drug-likeness (QED) is 0.0906. The molecule has 5 aromatic rings. The first-order valence-electron chi connectivity index (χ1n) is 19.6. The third kappa shape index (κ3) is 9.48. The summed E-state index contributed by atoms with van der Waals surface area (Å²) in [5.74, 6) is -0.531. The fourth-order valence-electron chi connectivity index (χ4n) is 7.63. The predicted octanol–water partition coefficient (Wildman–Crippen LogP) is 5.23. The average molecular weight is 862 g/mol. The number of carbonyl (C=O) groups excluding carboxylic acids is 2. The molecule has 2 aliphatic rings. The second-order valence-electron chi connectivity index (χ2n) is 14.9. The molecule has 5 heterocycles. The molecule has 2 aromatic carbocycles. The van der Waals surface area contributed by atoms with E-state index in [2.05, 4.69) is 23.8 Å². The Bertz CT molecular complexity index is 2820. The smallest absolute Gasteiger partial charge is 0.657 e.